The molecule has 1 aliphatic heterocycles. The highest BCUT2D eigenvalue weighted by molar-refractivity contribution is 5.94. The van der Waals surface area contributed by atoms with Gasteiger partial charge in [0, 0.05) is 37.7 Å². The maximum Gasteiger partial charge on any atom is 0.303 e. The van der Waals surface area contributed by atoms with Gasteiger partial charge in [-0.2, -0.15) is 0 Å². The Morgan fingerprint density at radius 2 is 1.96 bits per heavy atom. The monoisotopic (exact) mass is 316 g/mol. The van der Waals surface area contributed by atoms with E-state index < -0.39 is 5.97 Å². The molecule has 6 nitrogen and oxygen atoms in total. The zero-order valence-electron chi connectivity index (χ0n) is 13.0. The van der Waals surface area contributed by atoms with Gasteiger partial charge in [0.2, 0.25) is 11.8 Å². The maximum absolute atomic E-state index is 12.4. The zero-order chi connectivity index (χ0) is 16.8. The van der Waals surface area contributed by atoms with Crippen LogP contribution in [-0.2, 0) is 20.9 Å². The van der Waals surface area contributed by atoms with E-state index >= 15 is 0 Å². The minimum atomic E-state index is -0.899. The molecule has 0 atom stereocenters. The second-order valence-corrected chi connectivity index (χ2v) is 5.52. The fraction of sp³-hybridized carbons (Fsp3) is 0.353. The number of rotatable bonds is 6. The molecule has 1 aromatic rings. The lowest BCUT2D eigenvalue weighted by atomic mass is 10.0. The third-order valence-electron chi connectivity index (χ3n) is 3.61. The summed E-state index contributed by atoms with van der Waals surface area (Å²) in [6, 6.07) is 7.33. The van der Waals surface area contributed by atoms with E-state index in [9.17, 15) is 14.4 Å². The largest absolute Gasteiger partial charge is 0.481 e. The van der Waals surface area contributed by atoms with Crippen molar-refractivity contribution in [1.82, 2.24) is 4.90 Å². The molecular weight excluding hydrogens is 296 g/mol. The van der Waals surface area contributed by atoms with Gasteiger partial charge < -0.3 is 15.3 Å². The minimum absolute atomic E-state index is 0.0309. The van der Waals surface area contributed by atoms with Crippen LogP contribution in [0.3, 0.4) is 0 Å². The van der Waals surface area contributed by atoms with Crippen molar-refractivity contribution in [3.63, 3.8) is 0 Å². The van der Waals surface area contributed by atoms with Crippen LogP contribution in [0.2, 0.25) is 0 Å². The molecule has 0 saturated carbocycles. The van der Waals surface area contributed by atoms with Crippen molar-refractivity contribution < 1.29 is 19.5 Å². The number of carboxylic acid groups (broad SMARTS) is 1. The molecule has 0 fully saturated rings. The molecule has 1 heterocycles. The van der Waals surface area contributed by atoms with Crippen LogP contribution in [-0.4, -0.2) is 34.3 Å². The van der Waals surface area contributed by atoms with Crippen LogP contribution in [0.4, 0.5) is 5.69 Å². The smallest absolute Gasteiger partial charge is 0.303 e. The summed E-state index contributed by atoms with van der Waals surface area (Å²) >= 11 is 0. The lowest BCUT2D eigenvalue weighted by Crippen LogP contribution is -2.35. The SMILES string of the molecule is CC(=O)Nc1ccc(CN2CCC=C(CCC(=O)O)C2=O)cc1. The van der Waals surface area contributed by atoms with Crippen molar-refractivity contribution in [3.05, 3.63) is 41.5 Å². The molecule has 2 N–H and O–H groups in total. The predicted molar refractivity (Wildman–Crippen MR) is 85.7 cm³/mol. The van der Waals surface area contributed by atoms with E-state index in [1.807, 2.05) is 18.2 Å². The number of carbonyl (C=O) groups excluding carboxylic acids is 2. The number of hydrogen-bond acceptors (Lipinski definition) is 3. The molecular formula is C17H20N2O4. The van der Waals surface area contributed by atoms with Crippen molar-refractivity contribution in [2.45, 2.75) is 32.7 Å². The van der Waals surface area contributed by atoms with E-state index in [2.05, 4.69) is 5.32 Å². The minimum Gasteiger partial charge on any atom is -0.481 e. The number of amides is 2. The molecule has 0 saturated heterocycles. The highest BCUT2D eigenvalue weighted by Gasteiger charge is 2.22. The molecule has 0 radical (unpaired) electrons. The van der Waals surface area contributed by atoms with Crippen LogP contribution < -0.4 is 5.32 Å². The quantitative estimate of drug-likeness (QED) is 0.842. The van der Waals surface area contributed by atoms with Gasteiger partial charge in [-0.3, -0.25) is 14.4 Å². The lowest BCUT2D eigenvalue weighted by molar-refractivity contribution is -0.137. The molecule has 0 bridgehead atoms. The summed E-state index contributed by atoms with van der Waals surface area (Å²) in [5.41, 5.74) is 2.26. The second-order valence-electron chi connectivity index (χ2n) is 5.52. The van der Waals surface area contributed by atoms with E-state index in [0.29, 0.717) is 24.4 Å². The van der Waals surface area contributed by atoms with Gasteiger partial charge in [0.05, 0.1) is 0 Å². The number of anilines is 1. The summed E-state index contributed by atoms with van der Waals surface area (Å²) in [5, 5.41) is 11.4. The molecule has 1 aromatic carbocycles. The highest BCUT2D eigenvalue weighted by atomic mass is 16.4. The van der Waals surface area contributed by atoms with Gasteiger partial charge >= 0.3 is 5.97 Å². The standard InChI is InChI=1S/C17H20N2O4/c1-12(20)18-15-7-4-13(5-8-15)11-19-10-2-3-14(17(19)23)6-9-16(21)22/h3-5,7-8H,2,6,9-11H2,1H3,(H,18,20)(H,21,22). The number of nitrogens with zero attached hydrogens (tertiary/aromatic N) is 1. The topological polar surface area (TPSA) is 86.7 Å². The molecule has 122 valence electrons. The second kappa shape index (κ2) is 7.58. The van der Waals surface area contributed by atoms with E-state index in [0.717, 1.165) is 12.0 Å². The van der Waals surface area contributed by atoms with E-state index in [4.69, 9.17) is 5.11 Å². The van der Waals surface area contributed by atoms with Gasteiger partial charge in [-0.25, -0.2) is 0 Å². The first kappa shape index (κ1) is 16.7. The Bertz CT molecular complexity index is 634. The van der Waals surface area contributed by atoms with Crippen LogP contribution >= 0.6 is 0 Å². The average molecular weight is 316 g/mol. The van der Waals surface area contributed by atoms with Crippen molar-refractivity contribution in [2.75, 3.05) is 11.9 Å². The van der Waals surface area contributed by atoms with Crippen LogP contribution in [0.15, 0.2) is 35.9 Å². The van der Waals surface area contributed by atoms with Gasteiger partial charge in [0.15, 0.2) is 0 Å². The third-order valence-corrected chi connectivity index (χ3v) is 3.61. The Balaban J connectivity index is 1.97. The summed E-state index contributed by atoms with van der Waals surface area (Å²) in [6.45, 7) is 2.55. The van der Waals surface area contributed by atoms with Crippen LogP contribution in [0, 0.1) is 0 Å². The number of carbonyl (C=O) groups is 3. The Labute approximate surface area is 134 Å². The highest BCUT2D eigenvalue weighted by Crippen LogP contribution is 2.19. The van der Waals surface area contributed by atoms with Crippen LogP contribution in [0.5, 0.6) is 0 Å². The molecule has 0 spiro atoms. The Morgan fingerprint density at radius 1 is 1.26 bits per heavy atom. The van der Waals surface area contributed by atoms with E-state index in [-0.39, 0.29) is 24.7 Å². The fourth-order valence-corrected chi connectivity index (χ4v) is 2.51. The van der Waals surface area contributed by atoms with Crippen molar-refractivity contribution in [2.24, 2.45) is 0 Å². The molecule has 2 amide bonds. The average Bonchev–Trinajstić information content (AvgIpc) is 2.49. The molecule has 6 heteroatoms. The molecule has 2 rings (SSSR count). The molecule has 23 heavy (non-hydrogen) atoms. The number of carboxylic acids is 1. The maximum atomic E-state index is 12.4. The van der Waals surface area contributed by atoms with E-state index in [1.54, 1.807) is 17.0 Å². The molecule has 0 aromatic heterocycles. The first-order valence-corrected chi connectivity index (χ1v) is 7.52. The Kier molecular flexibility index (Phi) is 5.51. The first-order chi connectivity index (χ1) is 11.0. The molecule has 1 aliphatic rings. The van der Waals surface area contributed by atoms with Crippen molar-refractivity contribution >= 4 is 23.5 Å². The molecule has 0 unspecified atom stereocenters. The van der Waals surface area contributed by atoms with Gasteiger partial charge in [-0.05, 0) is 30.5 Å². The van der Waals surface area contributed by atoms with Gasteiger partial charge in [0.1, 0.15) is 0 Å². The zero-order valence-corrected chi connectivity index (χ0v) is 13.0. The van der Waals surface area contributed by atoms with Crippen LogP contribution in [0.25, 0.3) is 0 Å². The Morgan fingerprint density at radius 3 is 2.57 bits per heavy atom. The van der Waals surface area contributed by atoms with Crippen molar-refractivity contribution in [1.29, 1.82) is 0 Å². The fourth-order valence-electron chi connectivity index (χ4n) is 2.51. The van der Waals surface area contributed by atoms with Crippen molar-refractivity contribution in [3.8, 4) is 0 Å². The lowest BCUT2D eigenvalue weighted by Gasteiger charge is -2.27. The first-order valence-electron chi connectivity index (χ1n) is 7.52. The number of aliphatic carboxylic acids is 1. The summed E-state index contributed by atoms with van der Waals surface area (Å²) in [5.74, 6) is -1.12. The van der Waals surface area contributed by atoms with E-state index in [1.165, 1.54) is 6.92 Å². The van der Waals surface area contributed by atoms with Gasteiger partial charge in [-0.1, -0.05) is 18.2 Å². The number of benzene rings is 1. The van der Waals surface area contributed by atoms with Crippen LogP contribution in [0.1, 0.15) is 31.7 Å². The summed E-state index contributed by atoms with van der Waals surface area (Å²) < 4.78 is 0. The predicted octanol–water partition coefficient (Wildman–Crippen LogP) is 2.17. The normalized spacial score (nSPS) is 14.4. The number of hydrogen-bond donors (Lipinski definition) is 2. The summed E-state index contributed by atoms with van der Waals surface area (Å²) in [7, 11) is 0. The third kappa shape index (κ3) is 4.95. The summed E-state index contributed by atoms with van der Waals surface area (Å²) in [4.78, 5) is 35.7. The molecule has 0 aliphatic carbocycles. The summed E-state index contributed by atoms with van der Waals surface area (Å²) in [6.07, 6.45) is 2.81. The van der Waals surface area contributed by atoms with Gasteiger partial charge in [0.25, 0.3) is 0 Å². The number of nitrogens with one attached hydrogen (secondary N) is 1. The Hall–Kier alpha value is -2.63. The van der Waals surface area contributed by atoms with Gasteiger partial charge in [-0.15, -0.1) is 0 Å².